The topological polar surface area (TPSA) is 6.48 Å². The molecule has 0 radical (unpaired) electrons. The lowest BCUT2D eigenvalue weighted by atomic mass is 9.76. The molecule has 0 bridgehead atoms. The van der Waals surface area contributed by atoms with Crippen molar-refractivity contribution >= 4 is 0 Å². The Labute approximate surface area is 108 Å². The summed E-state index contributed by atoms with van der Waals surface area (Å²) in [6, 6.07) is 0.677. The van der Waals surface area contributed by atoms with E-state index in [-0.39, 0.29) is 16.6 Å². The fraction of sp³-hybridized carbons (Fsp3) is 1.00. The molecule has 0 aromatic rings. The van der Waals surface area contributed by atoms with E-state index in [1.54, 1.807) is 0 Å². The van der Waals surface area contributed by atoms with Gasteiger partial charge in [-0.25, -0.2) is 0 Å². The number of likely N-dealkylation sites (tertiary alicyclic amines) is 1. The second-order valence-electron chi connectivity index (χ2n) is 8.03. The van der Waals surface area contributed by atoms with Crippen LogP contribution in [0.25, 0.3) is 0 Å². The summed E-state index contributed by atoms with van der Waals surface area (Å²) in [6.07, 6.45) is 2.50. The van der Waals surface area contributed by atoms with Crippen LogP contribution in [-0.2, 0) is 0 Å². The number of hydrogen-bond acceptors (Lipinski definition) is 2. The van der Waals surface area contributed by atoms with Gasteiger partial charge >= 0.3 is 0 Å². The fourth-order valence-electron chi connectivity index (χ4n) is 3.14. The Morgan fingerprint density at radius 1 is 1.00 bits per heavy atom. The highest BCUT2D eigenvalue weighted by Gasteiger charge is 2.45. The molecular weight excluding hydrogens is 208 g/mol. The molecule has 102 valence electrons. The van der Waals surface area contributed by atoms with Gasteiger partial charge in [0.25, 0.3) is 0 Å². The van der Waals surface area contributed by atoms with Gasteiger partial charge in [-0.15, -0.1) is 0 Å². The average Bonchev–Trinajstić information content (AvgIpc) is 2.10. The van der Waals surface area contributed by atoms with Crippen molar-refractivity contribution in [3.05, 3.63) is 0 Å². The minimum absolute atomic E-state index is 0.257. The molecule has 1 fully saturated rings. The maximum atomic E-state index is 2.56. The van der Waals surface area contributed by atoms with Gasteiger partial charge in [0.15, 0.2) is 0 Å². The summed E-state index contributed by atoms with van der Waals surface area (Å²) in [6.45, 7) is 16.4. The lowest BCUT2D eigenvalue weighted by Crippen LogP contribution is -2.63. The molecule has 1 aliphatic heterocycles. The van der Waals surface area contributed by atoms with E-state index in [1.165, 1.54) is 12.8 Å². The third kappa shape index (κ3) is 3.03. The smallest absolute Gasteiger partial charge is 0.0170 e. The van der Waals surface area contributed by atoms with Gasteiger partial charge in [0.05, 0.1) is 0 Å². The third-order valence-electron chi connectivity index (χ3n) is 4.89. The molecule has 2 nitrogen and oxygen atoms in total. The van der Waals surface area contributed by atoms with Gasteiger partial charge < -0.3 is 0 Å². The molecule has 0 N–H and O–H groups in total. The largest absolute Gasteiger partial charge is 0.298 e. The number of hydrogen-bond donors (Lipinski definition) is 0. The molecule has 0 aromatic heterocycles. The van der Waals surface area contributed by atoms with Crippen molar-refractivity contribution in [3.63, 3.8) is 0 Å². The summed E-state index contributed by atoms with van der Waals surface area (Å²) in [4.78, 5) is 5.11. The van der Waals surface area contributed by atoms with Crippen LogP contribution >= 0.6 is 0 Å². The molecule has 0 unspecified atom stereocenters. The third-order valence-corrected chi connectivity index (χ3v) is 4.89. The van der Waals surface area contributed by atoms with Gasteiger partial charge in [0, 0.05) is 22.7 Å². The van der Waals surface area contributed by atoms with Crippen LogP contribution in [0.2, 0.25) is 0 Å². The van der Waals surface area contributed by atoms with E-state index in [0.29, 0.717) is 6.04 Å². The Morgan fingerprint density at radius 2 is 1.35 bits per heavy atom. The highest BCUT2D eigenvalue weighted by molar-refractivity contribution is 5.02. The van der Waals surface area contributed by atoms with E-state index in [2.05, 4.69) is 72.4 Å². The van der Waals surface area contributed by atoms with E-state index in [1.807, 2.05) is 0 Å². The van der Waals surface area contributed by atoms with Crippen molar-refractivity contribution in [2.45, 2.75) is 84.0 Å². The zero-order chi connectivity index (χ0) is 13.6. The van der Waals surface area contributed by atoms with Crippen molar-refractivity contribution < 1.29 is 0 Å². The van der Waals surface area contributed by atoms with E-state index in [0.717, 1.165) is 0 Å². The molecule has 0 aromatic carbocycles. The normalized spacial score (nSPS) is 26.5. The minimum Gasteiger partial charge on any atom is -0.298 e. The lowest BCUT2D eigenvalue weighted by molar-refractivity contribution is -0.0588. The SMILES string of the molecule is CN(C1CC(C)(C)N(C)C(C)(C)C1)C(C)(C)C. The van der Waals surface area contributed by atoms with Crippen molar-refractivity contribution in [3.8, 4) is 0 Å². The Balaban J connectivity index is 2.93. The summed E-state index contributed by atoms with van der Waals surface area (Å²) >= 11 is 0. The second kappa shape index (κ2) is 4.24. The Kier molecular flexibility index (Phi) is 3.73. The standard InChI is InChI=1S/C15H32N2/c1-13(2,3)16(8)12-10-14(4,5)17(9)15(6,7)11-12/h12H,10-11H2,1-9H3. The predicted molar refractivity (Wildman–Crippen MR) is 76.5 cm³/mol. The summed E-state index contributed by atoms with van der Waals surface area (Å²) in [5, 5.41) is 0. The fourth-order valence-corrected chi connectivity index (χ4v) is 3.14. The van der Waals surface area contributed by atoms with Gasteiger partial charge in [-0.1, -0.05) is 0 Å². The molecule has 1 rings (SSSR count). The van der Waals surface area contributed by atoms with Crippen LogP contribution in [0.15, 0.2) is 0 Å². The molecule has 1 heterocycles. The zero-order valence-corrected chi connectivity index (χ0v) is 13.4. The zero-order valence-electron chi connectivity index (χ0n) is 13.4. The number of rotatable bonds is 1. The van der Waals surface area contributed by atoms with Crippen LogP contribution in [0.5, 0.6) is 0 Å². The maximum Gasteiger partial charge on any atom is 0.0170 e. The minimum atomic E-state index is 0.257. The van der Waals surface area contributed by atoms with Crippen LogP contribution in [-0.4, -0.2) is 46.6 Å². The first-order chi connectivity index (χ1) is 7.38. The highest BCUT2D eigenvalue weighted by atomic mass is 15.3. The van der Waals surface area contributed by atoms with Crippen LogP contribution in [0.4, 0.5) is 0 Å². The molecule has 0 spiro atoms. The molecular formula is C15H32N2. The first-order valence-corrected chi connectivity index (χ1v) is 6.85. The van der Waals surface area contributed by atoms with E-state index in [9.17, 15) is 0 Å². The quantitative estimate of drug-likeness (QED) is 0.693. The van der Waals surface area contributed by atoms with Gasteiger partial charge in [-0.2, -0.15) is 0 Å². The summed E-state index contributed by atoms with van der Waals surface area (Å²) in [5.74, 6) is 0. The van der Waals surface area contributed by atoms with Crippen LogP contribution < -0.4 is 0 Å². The molecule has 0 saturated carbocycles. The summed E-state index contributed by atoms with van der Waals surface area (Å²) in [5.41, 5.74) is 0.824. The van der Waals surface area contributed by atoms with Gasteiger partial charge in [-0.05, 0) is 75.4 Å². The number of piperidine rings is 1. The van der Waals surface area contributed by atoms with E-state index >= 15 is 0 Å². The number of nitrogens with zero attached hydrogens (tertiary/aromatic N) is 2. The molecule has 1 aliphatic rings. The van der Waals surface area contributed by atoms with Gasteiger partial charge in [-0.3, -0.25) is 9.80 Å². The van der Waals surface area contributed by atoms with Gasteiger partial charge in [0.2, 0.25) is 0 Å². The predicted octanol–water partition coefficient (Wildman–Crippen LogP) is 3.37. The monoisotopic (exact) mass is 240 g/mol. The summed E-state index contributed by atoms with van der Waals surface area (Å²) < 4.78 is 0. The highest BCUT2D eigenvalue weighted by Crippen LogP contribution is 2.39. The first-order valence-electron chi connectivity index (χ1n) is 6.85. The molecule has 0 amide bonds. The molecule has 1 saturated heterocycles. The van der Waals surface area contributed by atoms with Crippen molar-refractivity contribution in [2.24, 2.45) is 0 Å². The van der Waals surface area contributed by atoms with Crippen molar-refractivity contribution in [1.82, 2.24) is 9.80 Å². The molecule has 2 heteroatoms. The van der Waals surface area contributed by atoms with Crippen molar-refractivity contribution in [2.75, 3.05) is 14.1 Å². The Morgan fingerprint density at radius 3 is 1.65 bits per heavy atom. The van der Waals surface area contributed by atoms with Crippen LogP contribution in [0.3, 0.4) is 0 Å². The van der Waals surface area contributed by atoms with Crippen LogP contribution in [0.1, 0.15) is 61.3 Å². The van der Waals surface area contributed by atoms with E-state index < -0.39 is 0 Å². The second-order valence-corrected chi connectivity index (χ2v) is 8.03. The molecule has 0 atom stereocenters. The Bertz CT molecular complexity index is 255. The summed E-state index contributed by atoms with van der Waals surface area (Å²) in [7, 11) is 4.55. The van der Waals surface area contributed by atoms with Crippen LogP contribution in [0, 0.1) is 0 Å². The lowest BCUT2D eigenvalue weighted by Gasteiger charge is -2.56. The van der Waals surface area contributed by atoms with E-state index in [4.69, 9.17) is 0 Å². The van der Waals surface area contributed by atoms with Crippen molar-refractivity contribution in [1.29, 1.82) is 0 Å². The Hall–Kier alpha value is -0.0800. The average molecular weight is 240 g/mol. The first kappa shape index (κ1) is 15.0. The maximum absolute atomic E-state index is 2.56. The molecule has 17 heavy (non-hydrogen) atoms. The molecule has 0 aliphatic carbocycles. The van der Waals surface area contributed by atoms with Gasteiger partial charge in [0.1, 0.15) is 0 Å².